The Morgan fingerprint density at radius 1 is 1.02 bits per heavy atom. The third-order valence-corrected chi connectivity index (χ3v) is 8.45. The first-order valence-corrected chi connectivity index (χ1v) is 15.0. The molecule has 40 heavy (non-hydrogen) atoms. The summed E-state index contributed by atoms with van der Waals surface area (Å²) in [5.41, 5.74) is 3.37. The van der Waals surface area contributed by atoms with E-state index in [1.807, 2.05) is 45.0 Å². The third-order valence-electron chi connectivity index (χ3n) is 7.06. The Hall–Kier alpha value is -3.66. The zero-order valence-corrected chi connectivity index (χ0v) is 25.2. The fourth-order valence-electron chi connectivity index (χ4n) is 4.55. The van der Waals surface area contributed by atoms with E-state index in [-0.39, 0.29) is 28.5 Å². The number of nitrogens with zero attached hydrogens (tertiary/aromatic N) is 3. The number of hydrogen-bond donors (Lipinski definition) is 1. The number of likely N-dealkylation sites (N-methyl/N-ethyl adjacent to an activating group) is 2. The van der Waals surface area contributed by atoms with E-state index in [1.54, 1.807) is 62.0 Å². The number of hydrogen-bond acceptors (Lipinski definition) is 6. The van der Waals surface area contributed by atoms with E-state index in [0.29, 0.717) is 35.3 Å². The molecule has 1 heterocycles. The van der Waals surface area contributed by atoms with E-state index in [4.69, 9.17) is 4.52 Å². The van der Waals surface area contributed by atoms with Gasteiger partial charge in [-0.05, 0) is 43.4 Å². The van der Waals surface area contributed by atoms with Crippen molar-refractivity contribution >= 4 is 27.7 Å². The molecule has 0 radical (unpaired) electrons. The molecule has 2 aromatic carbocycles. The number of anilines is 1. The summed E-state index contributed by atoms with van der Waals surface area (Å²) < 4.78 is 34.2. The number of unbranched alkanes of at least 4 members (excludes halogenated alkanes) is 1. The molecule has 216 valence electrons. The van der Waals surface area contributed by atoms with Crippen molar-refractivity contribution in [3.63, 3.8) is 0 Å². The Morgan fingerprint density at radius 2 is 1.68 bits per heavy atom. The van der Waals surface area contributed by atoms with Crippen LogP contribution in [0.25, 0.3) is 11.1 Å². The molecular formula is C30H40N4O5S. The van der Waals surface area contributed by atoms with Crippen LogP contribution >= 0.6 is 0 Å². The predicted molar refractivity (Wildman–Crippen MR) is 156 cm³/mol. The summed E-state index contributed by atoms with van der Waals surface area (Å²) in [5, 5.41) is 3.82. The quantitative estimate of drug-likeness (QED) is 0.313. The first-order valence-electron chi connectivity index (χ1n) is 13.5. The van der Waals surface area contributed by atoms with Crippen LogP contribution in [-0.2, 0) is 26.2 Å². The number of aryl methyl sites for hydroxylation is 1. The predicted octanol–water partition coefficient (Wildman–Crippen LogP) is 5.39. The van der Waals surface area contributed by atoms with Crippen LogP contribution in [0, 0.1) is 19.8 Å². The Kier molecular flexibility index (Phi) is 10.1. The highest BCUT2D eigenvalue weighted by molar-refractivity contribution is 7.92. The van der Waals surface area contributed by atoms with Gasteiger partial charge in [0.25, 0.3) is 10.0 Å². The molecule has 10 heteroatoms. The molecule has 0 saturated heterocycles. The summed E-state index contributed by atoms with van der Waals surface area (Å²) in [6.07, 6.45) is 2.15. The average Bonchev–Trinajstić information content (AvgIpc) is 3.23. The normalized spacial score (nSPS) is 12.3. The van der Waals surface area contributed by atoms with Gasteiger partial charge < -0.3 is 14.3 Å². The van der Waals surface area contributed by atoms with E-state index < -0.39 is 16.1 Å². The standard InChI is InChI=1S/C30H40N4O5S/c1-8-9-14-27(35)34(7)28(20(2)3)30(36)33(6)19-23-15-17-24(18-16-23)25-12-10-11-13-26(25)40(37,38)32-29-21(4)22(5)31-39-29/h10-13,15-18,20,28,32H,8-9,14,19H2,1-7H3/t28-/m0/s1. The fraction of sp³-hybridized carbons (Fsp3) is 0.433. The molecule has 0 unspecified atom stereocenters. The van der Waals surface area contributed by atoms with Gasteiger partial charge in [0, 0.05) is 38.2 Å². The van der Waals surface area contributed by atoms with Crippen molar-refractivity contribution < 1.29 is 22.5 Å². The highest BCUT2D eigenvalue weighted by atomic mass is 32.2. The van der Waals surface area contributed by atoms with Gasteiger partial charge in [0.1, 0.15) is 6.04 Å². The van der Waals surface area contributed by atoms with Gasteiger partial charge in [0.05, 0.1) is 10.6 Å². The molecule has 0 fully saturated rings. The molecule has 0 aliphatic carbocycles. The second-order valence-electron chi connectivity index (χ2n) is 10.5. The van der Waals surface area contributed by atoms with Gasteiger partial charge in [-0.1, -0.05) is 74.8 Å². The summed E-state index contributed by atoms with van der Waals surface area (Å²) in [7, 11) is -0.514. The lowest BCUT2D eigenvalue weighted by atomic mass is 10.00. The highest BCUT2D eigenvalue weighted by Gasteiger charge is 2.31. The minimum absolute atomic E-state index is 0.0247. The smallest absolute Gasteiger partial charge is 0.264 e. The largest absolute Gasteiger partial charge is 0.340 e. The molecule has 0 spiro atoms. The molecule has 3 aromatic rings. The van der Waals surface area contributed by atoms with Crippen molar-refractivity contribution in [1.82, 2.24) is 15.0 Å². The van der Waals surface area contributed by atoms with Crippen LogP contribution in [0.4, 0.5) is 5.88 Å². The van der Waals surface area contributed by atoms with Gasteiger partial charge in [-0.15, -0.1) is 0 Å². The van der Waals surface area contributed by atoms with Crippen molar-refractivity contribution in [2.75, 3.05) is 18.8 Å². The van der Waals surface area contributed by atoms with Crippen molar-refractivity contribution in [3.8, 4) is 11.1 Å². The molecule has 0 aliphatic heterocycles. The fourth-order valence-corrected chi connectivity index (χ4v) is 5.83. The number of nitrogens with one attached hydrogen (secondary N) is 1. The topological polar surface area (TPSA) is 113 Å². The first-order chi connectivity index (χ1) is 18.9. The van der Waals surface area contributed by atoms with Crippen LogP contribution in [0.15, 0.2) is 57.9 Å². The summed E-state index contributed by atoms with van der Waals surface area (Å²) in [6.45, 7) is 9.75. The molecule has 9 nitrogen and oxygen atoms in total. The van der Waals surface area contributed by atoms with E-state index >= 15 is 0 Å². The van der Waals surface area contributed by atoms with Crippen LogP contribution in [-0.4, -0.2) is 55.3 Å². The molecule has 0 aliphatic rings. The van der Waals surface area contributed by atoms with E-state index in [0.717, 1.165) is 18.4 Å². The summed E-state index contributed by atoms with van der Waals surface area (Å²) in [6, 6.07) is 13.6. The van der Waals surface area contributed by atoms with Crippen molar-refractivity contribution in [2.24, 2.45) is 5.92 Å². The first kappa shape index (κ1) is 30.9. The van der Waals surface area contributed by atoms with Crippen LogP contribution in [0.3, 0.4) is 0 Å². The van der Waals surface area contributed by atoms with Gasteiger partial charge >= 0.3 is 0 Å². The maximum absolute atomic E-state index is 13.4. The Labute approximate surface area is 237 Å². The number of carbonyl (C=O) groups is 2. The number of carbonyl (C=O) groups excluding carboxylic acids is 2. The van der Waals surface area contributed by atoms with Crippen LogP contribution in [0.5, 0.6) is 0 Å². The van der Waals surface area contributed by atoms with Crippen molar-refractivity contribution in [2.45, 2.75) is 71.4 Å². The molecule has 0 saturated carbocycles. The average molecular weight is 569 g/mol. The Balaban J connectivity index is 1.78. The minimum Gasteiger partial charge on any atom is -0.340 e. The van der Waals surface area contributed by atoms with Crippen LogP contribution in [0.1, 0.15) is 56.9 Å². The molecule has 1 atom stereocenters. The zero-order valence-electron chi connectivity index (χ0n) is 24.4. The molecule has 1 N–H and O–H groups in total. The van der Waals surface area contributed by atoms with E-state index in [1.165, 1.54) is 0 Å². The lowest BCUT2D eigenvalue weighted by Gasteiger charge is -2.33. The lowest BCUT2D eigenvalue weighted by Crippen LogP contribution is -2.50. The van der Waals surface area contributed by atoms with Crippen molar-refractivity contribution in [3.05, 3.63) is 65.4 Å². The van der Waals surface area contributed by atoms with Crippen LogP contribution < -0.4 is 4.72 Å². The number of sulfonamides is 1. The second kappa shape index (κ2) is 13.1. The lowest BCUT2D eigenvalue weighted by molar-refractivity contribution is -0.146. The monoisotopic (exact) mass is 568 g/mol. The van der Waals surface area contributed by atoms with Gasteiger partial charge in [0.2, 0.25) is 17.7 Å². The SMILES string of the molecule is CCCCC(=O)N(C)[C@H](C(=O)N(C)Cc1ccc(-c2ccccc2S(=O)(=O)Nc2onc(C)c2C)cc1)C(C)C. The highest BCUT2D eigenvalue weighted by Crippen LogP contribution is 2.30. The minimum atomic E-state index is -3.95. The Morgan fingerprint density at radius 3 is 2.25 bits per heavy atom. The second-order valence-corrected chi connectivity index (χ2v) is 12.2. The summed E-state index contributed by atoms with van der Waals surface area (Å²) >= 11 is 0. The van der Waals surface area contributed by atoms with Gasteiger partial charge in [-0.25, -0.2) is 13.1 Å². The van der Waals surface area contributed by atoms with Crippen LogP contribution in [0.2, 0.25) is 0 Å². The molecule has 0 bridgehead atoms. The molecular weight excluding hydrogens is 528 g/mol. The van der Waals surface area contributed by atoms with E-state index in [9.17, 15) is 18.0 Å². The molecule has 2 amide bonds. The maximum Gasteiger partial charge on any atom is 0.264 e. The number of rotatable bonds is 12. The van der Waals surface area contributed by atoms with E-state index in [2.05, 4.69) is 9.88 Å². The zero-order chi connectivity index (χ0) is 29.6. The van der Waals surface area contributed by atoms with Gasteiger partial charge in [-0.2, -0.15) is 0 Å². The summed E-state index contributed by atoms with van der Waals surface area (Å²) in [5.74, 6) is -0.0901. The number of aromatic nitrogens is 1. The molecule has 3 rings (SSSR count). The Bertz CT molecular complexity index is 1430. The molecule has 1 aromatic heterocycles. The van der Waals surface area contributed by atoms with Gasteiger partial charge in [0.15, 0.2) is 0 Å². The van der Waals surface area contributed by atoms with Gasteiger partial charge in [-0.3, -0.25) is 9.59 Å². The van der Waals surface area contributed by atoms with Crippen molar-refractivity contribution in [1.29, 1.82) is 0 Å². The maximum atomic E-state index is 13.4. The third kappa shape index (κ3) is 7.10. The number of benzene rings is 2. The number of amides is 2. The summed E-state index contributed by atoms with van der Waals surface area (Å²) in [4.78, 5) is 29.3.